The number of halogens is 2. The number of benzene rings is 1. The molecule has 3 atom stereocenters. The number of hydrogen-bond donors (Lipinski definition) is 0. The molecule has 0 amide bonds. The number of rotatable bonds is 5. The van der Waals surface area contributed by atoms with Crippen LogP contribution in [0.4, 0.5) is 0 Å². The van der Waals surface area contributed by atoms with E-state index in [0.717, 1.165) is 22.4 Å². The van der Waals surface area contributed by atoms with Gasteiger partial charge in [0.25, 0.3) is 0 Å². The highest BCUT2D eigenvalue weighted by Gasteiger charge is 2.42. The van der Waals surface area contributed by atoms with Crippen LogP contribution in [0.15, 0.2) is 22.7 Å². The van der Waals surface area contributed by atoms with Crippen molar-refractivity contribution >= 4 is 31.9 Å². The molecule has 1 aliphatic carbocycles. The van der Waals surface area contributed by atoms with Crippen LogP contribution in [0.25, 0.3) is 0 Å². The van der Waals surface area contributed by atoms with E-state index in [4.69, 9.17) is 14.2 Å². The largest absolute Gasteiger partial charge is 0.497 e. The Kier molecular flexibility index (Phi) is 4.92. The molecule has 18 heavy (non-hydrogen) atoms. The first kappa shape index (κ1) is 14.2. The Hall–Kier alpha value is -0.260. The Balaban J connectivity index is 2.01. The summed E-state index contributed by atoms with van der Waals surface area (Å²) in [6.07, 6.45) is 1.20. The number of methoxy groups -OCH3 is 1. The van der Waals surface area contributed by atoms with Crippen molar-refractivity contribution in [2.45, 2.75) is 30.4 Å². The summed E-state index contributed by atoms with van der Waals surface area (Å²) in [4.78, 5) is 0.388. The molecule has 3 nitrogen and oxygen atoms in total. The second-order valence-electron chi connectivity index (χ2n) is 4.12. The normalized spacial score (nSPS) is 26.6. The summed E-state index contributed by atoms with van der Waals surface area (Å²) in [5.41, 5.74) is 0. The predicted molar refractivity (Wildman–Crippen MR) is 77.9 cm³/mol. The maximum Gasteiger partial charge on any atom is 0.134 e. The zero-order chi connectivity index (χ0) is 13.1. The van der Waals surface area contributed by atoms with Crippen molar-refractivity contribution in [3.63, 3.8) is 0 Å². The SMILES string of the molecule is CCOC1C(Br)CC1Oc1ccc(OC)cc1Br. The minimum absolute atomic E-state index is 0.110. The van der Waals surface area contributed by atoms with Gasteiger partial charge in [-0.25, -0.2) is 0 Å². The highest BCUT2D eigenvalue weighted by Crippen LogP contribution is 2.37. The lowest BCUT2D eigenvalue weighted by atomic mass is 9.91. The van der Waals surface area contributed by atoms with Gasteiger partial charge in [-0.1, -0.05) is 15.9 Å². The van der Waals surface area contributed by atoms with Crippen LogP contribution in [0.2, 0.25) is 0 Å². The maximum absolute atomic E-state index is 5.96. The third kappa shape index (κ3) is 3.00. The quantitative estimate of drug-likeness (QED) is 0.728. The monoisotopic (exact) mass is 378 g/mol. The summed E-state index contributed by atoms with van der Waals surface area (Å²) in [5, 5.41) is 0. The molecule has 5 heteroatoms. The molecule has 0 N–H and O–H groups in total. The van der Waals surface area contributed by atoms with E-state index in [9.17, 15) is 0 Å². The fraction of sp³-hybridized carbons (Fsp3) is 0.538. The minimum Gasteiger partial charge on any atom is -0.497 e. The summed E-state index contributed by atoms with van der Waals surface area (Å²) in [6.45, 7) is 2.70. The van der Waals surface area contributed by atoms with Crippen molar-refractivity contribution in [3.05, 3.63) is 22.7 Å². The van der Waals surface area contributed by atoms with E-state index < -0.39 is 0 Å². The van der Waals surface area contributed by atoms with Crippen LogP contribution in [0.5, 0.6) is 11.5 Å². The summed E-state index contributed by atoms with van der Waals surface area (Å²) < 4.78 is 17.7. The van der Waals surface area contributed by atoms with E-state index >= 15 is 0 Å². The van der Waals surface area contributed by atoms with Gasteiger partial charge in [0.05, 0.1) is 11.6 Å². The average molecular weight is 380 g/mol. The summed E-state index contributed by atoms with van der Waals surface area (Å²) >= 11 is 7.07. The van der Waals surface area contributed by atoms with Gasteiger partial charge in [-0.3, -0.25) is 0 Å². The lowest BCUT2D eigenvalue weighted by Crippen LogP contribution is -2.52. The lowest BCUT2D eigenvalue weighted by molar-refractivity contribution is -0.0725. The van der Waals surface area contributed by atoms with Crippen molar-refractivity contribution in [1.82, 2.24) is 0 Å². The molecule has 0 aromatic heterocycles. The molecule has 0 spiro atoms. The van der Waals surface area contributed by atoms with Crippen LogP contribution in [0, 0.1) is 0 Å². The number of ether oxygens (including phenoxy) is 3. The smallest absolute Gasteiger partial charge is 0.134 e. The molecule has 100 valence electrons. The summed E-state index contributed by atoms with van der Waals surface area (Å²) in [6, 6.07) is 5.70. The molecule has 1 saturated carbocycles. The molecule has 1 aromatic rings. The summed E-state index contributed by atoms with van der Waals surface area (Å²) in [7, 11) is 1.65. The van der Waals surface area contributed by atoms with Crippen molar-refractivity contribution < 1.29 is 14.2 Å². The molecule has 1 aromatic carbocycles. The van der Waals surface area contributed by atoms with Gasteiger partial charge in [-0.05, 0) is 41.1 Å². The van der Waals surface area contributed by atoms with Crippen LogP contribution in [0.3, 0.4) is 0 Å². The fourth-order valence-electron chi connectivity index (χ4n) is 1.91. The van der Waals surface area contributed by atoms with Crippen LogP contribution in [-0.2, 0) is 4.74 Å². The highest BCUT2D eigenvalue weighted by atomic mass is 79.9. The van der Waals surface area contributed by atoms with Gasteiger partial charge < -0.3 is 14.2 Å². The molecule has 0 aliphatic heterocycles. The Morgan fingerprint density at radius 2 is 2.17 bits per heavy atom. The van der Waals surface area contributed by atoms with Crippen molar-refractivity contribution in [3.8, 4) is 11.5 Å². The van der Waals surface area contributed by atoms with Crippen LogP contribution in [-0.4, -0.2) is 30.8 Å². The molecular weight excluding hydrogens is 364 g/mol. The number of alkyl halides is 1. The topological polar surface area (TPSA) is 27.7 Å². The lowest BCUT2D eigenvalue weighted by Gasteiger charge is -2.40. The molecule has 0 radical (unpaired) electrons. The number of hydrogen-bond acceptors (Lipinski definition) is 3. The molecule has 0 heterocycles. The third-order valence-corrected chi connectivity index (χ3v) is 4.47. The average Bonchev–Trinajstić information content (AvgIpc) is 2.37. The van der Waals surface area contributed by atoms with E-state index in [2.05, 4.69) is 31.9 Å². The van der Waals surface area contributed by atoms with Gasteiger partial charge in [0.2, 0.25) is 0 Å². The molecule has 2 rings (SSSR count). The molecule has 3 unspecified atom stereocenters. The van der Waals surface area contributed by atoms with Gasteiger partial charge in [0, 0.05) is 17.9 Å². The van der Waals surface area contributed by atoms with Gasteiger partial charge in [0.15, 0.2) is 0 Å². The van der Waals surface area contributed by atoms with Crippen LogP contribution >= 0.6 is 31.9 Å². The van der Waals surface area contributed by atoms with Crippen molar-refractivity contribution in [2.24, 2.45) is 0 Å². The zero-order valence-electron chi connectivity index (χ0n) is 10.4. The van der Waals surface area contributed by atoms with Gasteiger partial charge in [-0.15, -0.1) is 0 Å². The standard InChI is InChI=1S/C13H16Br2O3/c1-3-17-13-10(15)7-12(13)18-11-5-4-8(16-2)6-9(11)14/h4-6,10,12-13H,3,7H2,1-2H3. The predicted octanol–water partition coefficient (Wildman–Crippen LogP) is 3.78. The zero-order valence-corrected chi connectivity index (χ0v) is 13.5. The highest BCUT2D eigenvalue weighted by molar-refractivity contribution is 9.10. The van der Waals surface area contributed by atoms with E-state index in [1.54, 1.807) is 7.11 Å². The summed E-state index contributed by atoms with van der Waals surface area (Å²) in [5.74, 6) is 1.63. The van der Waals surface area contributed by atoms with E-state index in [-0.39, 0.29) is 12.2 Å². The van der Waals surface area contributed by atoms with E-state index in [1.807, 2.05) is 25.1 Å². The molecule has 0 bridgehead atoms. The second kappa shape index (κ2) is 6.26. The van der Waals surface area contributed by atoms with Gasteiger partial charge >= 0.3 is 0 Å². The van der Waals surface area contributed by atoms with Crippen molar-refractivity contribution in [1.29, 1.82) is 0 Å². The molecule has 1 fully saturated rings. The van der Waals surface area contributed by atoms with Crippen LogP contribution in [0.1, 0.15) is 13.3 Å². The van der Waals surface area contributed by atoms with Gasteiger partial charge in [0.1, 0.15) is 23.7 Å². The third-order valence-electron chi connectivity index (χ3n) is 2.96. The van der Waals surface area contributed by atoms with E-state index in [1.165, 1.54) is 0 Å². The van der Waals surface area contributed by atoms with E-state index in [0.29, 0.717) is 11.4 Å². The van der Waals surface area contributed by atoms with Gasteiger partial charge in [-0.2, -0.15) is 0 Å². The van der Waals surface area contributed by atoms with Crippen molar-refractivity contribution in [2.75, 3.05) is 13.7 Å². The first-order chi connectivity index (χ1) is 8.65. The second-order valence-corrected chi connectivity index (χ2v) is 6.15. The first-order valence-corrected chi connectivity index (χ1v) is 7.62. The Morgan fingerprint density at radius 3 is 2.72 bits per heavy atom. The maximum atomic E-state index is 5.96. The Bertz CT molecular complexity index is 411. The Labute approximate surface area is 124 Å². The molecule has 1 aliphatic rings. The Morgan fingerprint density at radius 1 is 1.39 bits per heavy atom. The van der Waals surface area contributed by atoms with Crippen LogP contribution < -0.4 is 9.47 Å². The minimum atomic E-state index is 0.110. The molecule has 0 saturated heterocycles. The fourth-order valence-corrected chi connectivity index (χ4v) is 3.23. The molecular formula is C13H16Br2O3. The first-order valence-electron chi connectivity index (χ1n) is 5.91.